The Balaban J connectivity index is 2.25. The van der Waals surface area contributed by atoms with Gasteiger partial charge in [0, 0.05) is 0 Å². The first-order valence-electron chi connectivity index (χ1n) is 7.99. The molecule has 116 valence electrons. The predicted molar refractivity (Wildman–Crippen MR) is 107 cm³/mol. The average molecular weight is 428 g/mol. The van der Waals surface area contributed by atoms with Crippen molar-refractivity contribution in [3.8, 4) is 0 Å². The van der Waals surface area contributed by atoms with Crippen molar-refractivity contribution in [2.75, 3.05) is 5.33 Å². The molecule has 0 aliphatic rings. The molecule has 3 aromatic rings. The van der Waals surface area contributed by atoms with Crippen LogP contribution in [0.5, 0.6) is 0 Å². The average Bonchev–Trinajstić information content (AvgIpc) is 2.65. The third-order valence-corrected chi connectivity index (χ3v) is 14.3. The van der Waals surface area contributed by atoms with Gasteiger partial charge < -0.3 is 0 Å². The van der Waals surface area contributed by atoms with Crippen LogP contribution in [0.1, 0.15) is 6.42 Å². The zero-order valence-corrected chi connectivity index (χ0v) is 16.6. The summed E-state index contributed by atoms with van der Waals surface area (Å²) in [7, 11) is 0. The van der Waals surface area contributed by atoms with Gasteiger partial charge in [0.1, 0.15) is 0 Å². The quantitative estimate of drug-likeness (QED) is 0.412. The Kier molecular flexibility index (Phi) is 5.75. The van der Waals surface area contributed by atoms with Crippen LogP contribution in [-0.4, -0.2) is 18.9 Å². The molecule has 0 unspecified atom stereocenters. The molecule has 0 spiro atoms. The molecule has 0 saturated carbocycles. The van der Waals surface area contributed by atoms with Crippen molar-refractivity contribution >= 4 is 42.5 Å². The Bertz CT molecular complexity index is 614. The molecule has 0 aliphatic heterocycles. The molecule has 0 saturated heterocycles. The summed E-state index contributed by atoms with van der Waals surface area (Å²) < 4.78 is 4.59. The van der Waals surface area contributed by atoms with E-state index in [4.69, 9.17) is 0 Å². The fourth-order valence-corrected chi connectivity index (χ4v) is 13.5. The Morgan fingerprint density at radius 2 is 0.913 bits per heavy atom. The van der Waals surface area contributed by atoms with Gasteiger partial charge in [-0.25, -0.2) is 0 Å². The van der Waals surface area contributed by atoms with Crippen LogP contribution in [0, 0.1) is 0 Å². The van der Waals surface area contributed by atoms with Crippen LogP contribution in [0.3, 0.4) is 0 Å². The van der Waals surface area contributed by atoms with Gasteiger partial charge in [-0.3, -0.25) is 0 Å². The second-order valence-corrected chi connectivity index (χ2v) is 14.0. The van der Waals surface area contributed by atoms with Gasteiger partial charge in [0.05, 0.1) is 0 Å². The molecular weight excluding hydrogens is 407 g/mol. The maximum absolute atomic E-state index is 3.65. The molecule has 0 radical (unpaired) electrons. The third-order valence-electron chi connectivity index (χ3n) is 4.22. The molecule has 0 bridgehead atoms. The summed E-state index contributed by atoms with van der Waals surface area (Å²) in [6.45, 7) is 0. The van der Waals surface area contributed by atoms with E-state index in [0.717, 1.165) is 5.33 Å². The van der Waals surface area contributed by atoms with E-state index < -0.39 is 13.6 Å². The van der Waals surface area contributed by atoms with Crippen molar-refractivity contribution in [2.24, 2.45) is 0 Å². The normalized spacial score (nSPS) is 11.3. The molecular formula is C21H21AsBr+. The molecule has 0 nitrogen and oxygen atoms in total. The molecule has 0 atom stereocenters. The van der Waals surface area contributed by atoms with E-state index in [0.29, 0.717) is 0 Å². The molecule has 3 rings (SSSR count). The first kappa shape index (κ1) is 16.6. The van der Waals surface area contributed by atoms with E-state index in [9.17, 15) is 0 Å². The summed E-state index contributed by atoms with van der Waals surface area (Å²) in [5.74, 6) is 0. The molecule has 0 aliphatic carbocycles. The summed E-state index contributed by atoms with van der Waals surface area (Å²) in [5.41, 5.74) is 0. The summed E-state index contributed by atoms with van der Waals surface area (Å²) in [4.78, 5) is 0. The number of benzene rings is 3. The van der Waals surface area contributed by atoms with Crippen LogP contribution in [0.15, 0.2) is 91.0 Å². The second kappa shape index (κ2) is 7.99. The molecule has 0 fully saturated rings. The summed E-state index contributed by atoms with van der Waals surface area (Å²) in [6, 6.07) is 33.5. The minimum absolute atomic E-state index is 1.06. The SMILES string of the molecule is BrCCC[As+](c1ccccc1)(c1ccccc1)c1ccccc1. The van der Waals surface area contributed by atoms with Gasteiger partial charge in [-0.05, 0) is 0 Å². The van der Waals surface area contributed by atoms with E-state index in [-0.39, 0.29) is 0 Å². The van der Waals surface area contributed by atoms with E-state index in [1.165, 1.54) is 24.7 Å². The van der Waals surface area contributed by atoms with Gasteiger partial charge >= 0.3 is 150 Å². The third kappa shape index (κ3) is 3.47. The van der Waals surface area contributed by atoms with E-state index in [2.05, 4.69) is 107 Å². The van der Waals surface area contributed by atoms with Crippen LogP contribution in [0.4, 0.5) is 0 Å². The number of alkyl halides is 1. The predicted octanol–water partition coefficient (Wildman–Crippen LogP) is 3.94. The van der Waals surface area contributed by atoms with Crippen LogP contribution in [0.25, 0.3) is 0 Å². The number of hydrogen-bond acceptors (Lipinski definition) is 0. The van der Waals surface area contributed by atoms with Gasteiger partial charge in [-0.1, -0.05) is 0 Å². The topological polar surface area (TPSA) is 0 Å². The van der Waals surface area contributed by atoms with Gasteiger partial charge in [-0.2, -0.15) is 0 Å². The Morgan fingerprint density at radius 3 is 1.22 bits per heavy atom. The first-order valence-corrected chi connectivity index (χ1v) is 13.2. The van der Waals surface area contributed by atoms with Crippen LogP contribution in [0.2, 0.25) is 5.21 Å². The monoisotopic (exact) mass is 427 g/mol. The van der Waals surface area contributed by atoms with Crippen LogP contribution in [-0.2, 0) is 0 Å². The summed E-state index contributed by atoms with van der Waals surface area (Å²) >= 11 is 1.23. The number of rotatable bonds is 6. The van der Waals surface area contributed by atoms with Crippen molar-refractivity contribution in [1.29, 1.82) is 0 Å². The summed E-state index contributed by atoms with van der Waals surface area (Å²) in [5, 5.41) is 2.31. The molecule has 0 heterocycles. The molecule has 2 heteroatoms. The van der Waals surface area contributed by atoms with Gasteiger partial charge in [-0.15, -0.1) is 0 Å². The number of hydrogen-bond donors (Lipinski definition) is 0. The summed E-state index contributed by atoms with van der Waals surface area (Å²) in [6.07, 6.45) is 1.20. The van der Waals surface area contributed by atoms with Crippen LogP contribution < -0.4 is 13.1 Å². The fraction of sp³-hybridized carbons (Fsp3) is 0.143. The Morgan fingerprint density at radius 1 is 0.565 bits per heavy atom. The van der Waals surface area contributed by atoms with E-state index in [1.54, 1.807) is 0 Å². The van der Waals surface area contributed by atoms with Crippen molar-refractivity contribution < 1.29 is 0 Å². The van der Waals surface area contributed by atoms with Crippen molar-refractivity contribution in [2.45, 2.75) is 11.6 Å². The van der Waals surface area contributed by atoms with E-state index in [1.807, 2.05) is 0 Å². The molecule has 3 aromatic carbocycles. The molecule has 23 heavy (non-hydrogen) atoms. The van der Waals surface area contributed by atoms with Crippen molar-refractivity contribution in [3.05, 3.63) is 91.0 Å². The van der Waals surface area contributed by atoms with E-state index >= 15 is 0 Å². The van der Waals surface area contributed by atoms with Gasteiger partial charge in [0.15, 0.2) is 0 Å². The second-order valence-electron chi connectivity index (χ2n) is 5.58. The zero-order valence-electron chi connectivity index (χ0n) is 13.1. The fourth-order valence-electron chi connectivity index (χ4n) is 3.18. The molecule has 0 amide bonds. The van der Waals surface area contributed by atoms with Gasteiger partial charge in [0.25, 0.3) is 0 Å². The minimum atomic E-state index is -2.42. The maximum atomic E-state index is 3.65. The molecule has 0 N–H and O–H groups in total. The Hall–Kier alpha value is -1.30. The van der Waals surface area contributed by atoms with Crippen LogP contribution >= 0.6 is 15.9 Å². The first-order chi connectivity index (χ1) is 11.4. The molecule has 0 aromatic heterocycles. The van der Waals surface area contributed by atoms with Crippen molar-refractivity contribution in [1.82, 2.24) is 0 Å². The number of halogens is 1. The standard InChI is InChI=1S/C21H21AsBr/c23-18-10-17-22(19-11-4-1-5-12-19,20-13-6-2-7-14-20)21-15-8-3-9-16-21/h1-9,11-16H,10,17-18H2/q+1. The Labute approximate surface area is 150 Å². The van der Waals surface area contributed by atoms with Crippen molar-refractivity contribution in [3.63, 3.8) is 0 Å². The zero-order chi connectivity index (χ0) is 16.0. The van der Waals surface area contributed by atoms with Gasteiger partial charge in [0.2, 0.25) is 0 Å².